The van der Waals surface area contributed by atoms with Crippen molar-refractivity contribution in [3.05, 3.63) is 29.6 Å². The Labute approximate surface area is 191 Å². The first-order valence-electron chi connectivity index (χ1n) is 11.1. The highest BCUT2D eigenvalue weighted by Gasteiger charge is 2.66. The molecule has 4 rings (SSSR count). The van der Waals surface area contributed by atoms with E-state index in [0.29, 0.717) is 18.5 Å². The fourth-order valence-electron chi connectivity index (χ4n) is 5.84. The zero-order chi connectivity index (χ0) is 25.1. The molecule has 1 N–H and O–H groups in total. The Kier molecular flexibility index (Phi) is 5.79. The third-order valence-corrected chi connectivity index (χ3v) is 7.64. The molecular formula is C22H25F6N3O3. The van der Waals surface area contributed by atoms with Crippen LogP contribution >= 0.6 is 0 Å². The molecule has 3 heterocycles. The quantitative estimate of drug-likeness (QED) is 0.629. The molecule has 1 aliphatic carbocycles. The van der Waals surface area contributed by atoms with E-state index in [-0.39, 0.29) is 25.9 Å². The lowest BCUT2D eigenvalue weighted by Crippen LogP contribution is -2.56. The molecule has 12 heteroatoms. The minimum atomic E-state index is -5.51. The van der Waals surface area contributed by atoms with Gasteiger partial charge in [0, 0.05) is 31.4 Å². The smallest absolute Gasteiger partial charge is 0.407 e. The van der Waals surface area contributed by atoms with E-state index in [9.17, 15) is 41.0 Å². The van der Waals surface area contributed by atoms with Gasteiger partial charge in [-0.2, -0.15) is 26.3 Å². The van der Waals surface area contributed by atoms with Crippen molar-refractivity contribution in [3.63, 3.8) is 0 Å². The summed E-state index contributed by atoms with van der Waals surface area (Å²) in [5, 5.41) is 9.26. The average molecular weight is 493 g/mol. The number of amides is 2. The average Bonchev–Trinajstić information content (AvgIpc) is 3.45. The van der Waals surface area contributed by atoms with E-state index in [1.165, 1.54) is 11.1 Å². The van der Waals surface area contributed by atoms with Crippen LogP contribution in [-0.2, 0) is 10.2 Å². The first-order valence-corrected chi connectivity index (χ1v) is 11.1. The fourth-order valence-corrected chi connectivity index (χ4v) is 5.84. The maximum absolute atomic E-state index is 13.8. The molecule has 1 aromatic rings. The van der Waals surface area contributed by atoms with Crippen molar-refractivity contribution < 1.29 is 41.0 Å². The number of aromatic nitrogens is 1. The molecule has 6 nitrogen and oxygen atoms in total. The molecule has 2 saturated heterocycles. The lowest BCUT2D eigenvalue weighted by atomic mass is 9.78. The standard InChI is InChI=1S/C22H25F6N3O3/c1-13-3-2-8-29-16(13)20(4-5-20)17(32)31-12-14(15(21(23,24)25)22(26,27)28)11-19(31)6-9-30(10-7-19)18(33)34/h2-3,8,14-15H,4-7,9-12H2,1H3,(H,33,34). The maximum Gasteiger partial charge on any atom is 0.407 e. The summed E-state index contributed by atoms with van der Waals surface area (Å²) >= 11 is 0. The Morgan fingerprint density at radius 3 is 2.15 bits per heavy atom. The topological polar surface area (TPSA) is 73.7 Å². The number of hydrogen-bond donors (Lipinski definition) is 1. The number of alkyl halides is 6. The van der Waals surface area contributed by atoms with Crippen molar-refractivity contribution in [2.45, 2.75) is 62.3 Å². The summed E-state index contributed by atoms with van der Waals surface area (Å²) in [4.78, 5) is 31.8. The second-order valence-corrected chi connectivity index (χ2v) is 9.69. The van der Waals surface area contributed by atoms with Crippen molar-refractivity contribution in [3.8, 4) is 0 Å². The SMILES string of the molecule is Cc1cccnc1C1(C(=O)N2CC(C(C(F)(F)F)C(F)(F)F)CC23CCN(C(=O)O)CC3)CC1. The van der Waals surface area contributed by atoms with Crippen LogP contribution in [0, 0.1) is 18.8 Å². The molecule has 2 amide bonds. The van der Waals surface area contributed by atoms with E-state index >= 15 is 0 Å². The zero-order valence-electron chi connectivity index (χ0n) is 18.4. The lowest BCUT2D eigenvalue weighted by molar-refractivity contribution is -0.297. The van der Waals surface area contributed by atoms with Crippen molar-refractivity contribution in [2.75, 3.05) is 19.6 Å². The maximum atomic E-state index is 13.8. The van der Waals surface area contributed by atoms with Crippen LogP contribution in [0.2, 0.25) is 0 Å². The lowest BCUT2D eigenvalue weighted by Gasteiger charge is -2.45. The summed E-state index contributed by atoms with van der Waals surface area (Å²) in [6.45, 7) is 0.949. The number of piperidine rings is 1. The molecular weight excluding hydrogens is 468 g/mol. The Bertz CT molecular complexity index is 953. The van der Waals surface area contributed by atoms with Crippen molar-refractivity contribution in [1.29, 1.82) is 0 Å². The minimum Gasteiger partial charge on any atom is -0.465 e. The van der Waals surface area contributed by atoms with Gasteiger partial charge in [0.05, 0.1) is 11.1 Å². The molecule has 34 heavy (non-hydrogen) atoms. The molecule has 0 bridgehead atoms. The van der Waals surface area contributed by atoms with Gasteiger partial charge in [0.1, 0.15) is 0 Å². The summed E-state index contributed by atoms with van der Waals surface area (Å²) in [5.74, 6) is -5.93. The molecule has 1 spiro atoms. The molecule has 1 aromatic heterocycles. The molecule has 3 fully saturated rings. The molecule has 188 valence electrons. The number of pyridine rings is 1. The van der Waals surface area contributed by atoms with Gasteiger partial charge in [0.15, 0.2) is 5.92 Å². The second-order valence-electron chi connectivity index (χ2n) is 9.69. The summed E-state index contributed by atoms with van der Waals surface area (Å²) in [7, 11) is 0. The van der Waals surface area contributed by atoms with Crippen LogP contribution in [0.3, 0.4) is 0 Å². The number of nitrogens with zero attached hydrogens (tertiary/aromatic N) is 3. The molecule has 0 aromatic carbocycles. The van der Waals surface area contributed by atoms with E-state index in [1.54, 1.807) is 19.1 Å². The van der Waals surface area contributed by atoms with Gasteiger partial charge in [-0.1, -0.05) is 6.07 Å². The summed E-state index contributed by atoms with van der Waals surface area (Å²) in [6.07, 6.45) is -10.4. The number of aryl methyl sites for hydroxylation is 1. The highest BCUT2D eigenvalue weighted by molar-refractivity contribution is 5.92. The predicted molar refractivity (Wildman–Crippen MR) is 107 cm³/mol. The van der Waals surface area contributed by atoms with Gasteiger partial charge in [-0.3, -0.25) is 9.78 Å². The number of carboxylic acid groups (broad SMARTS) is 1. The zero-order valence-corrected chi connectivity index (χ0v) is 18.4. The molecule has 1 atom stereocenters. The summed E-state index contributed by atoms with van der Waals surface area (Å²) < 4.78 is 81.4. The minimum absolute atomic E-state index is 0.0126. The number of halogens is 6. The molecule has 2 aliphatic heterocycles. The third-order valence-electron chi connectivity index (χ3n) is 7.64. The van der Waals surface area contributed by atoms with Crippen LogP contribution in [0.5, 0.6) is 0 Å². The normalized spacial score (nSPS) is 24.1. The molecule has 1 unspecified atom stereocenters. The summed E-state index contributed by atoms with van der Waals surface area (Å²) in [6, 6.07) is 3.44. The van der Waals surface area contributed by atoms with Gasteiger partial charge >= 0.3 is 18.4 Å². The van der Waals surface area contributed by atoms with Crippen LogP contribution in [0.1, 0.15) is 43.4 Å². The van der Waals surface area contributed by atoms with E-state index in [0.717, 1.165) is 10.5 Å². The van der Waals surface area contributed by atoms with Crippen LogP contribution in [0.4, 0.5) is 31.1 Å². The monoisotopic (exact) mass is 493 g/mol. The van der Waals surface area contributed by atoms with Gasteiger partial charge in [-0.25, -0.2) is 4.79 Å². The largest absolute Gasteiger partial charge is 0.465 e. The number of likely N-dealkylation sites (tertiary alicyclic amines) is 2. The van der Waals surface area contributed by atoms with Gasteiger partial charge in [0.25, 0.3) is 0 Å². The Hall–Kier alpha value is -2.53. The van der Waals surface area contributed by atoms with Crippen molar-refractivity contribution in [1.82, 2.24) is 14.8 Å². The van der Waals surface area contributed by atoms with Crippen LogP contribution in [0.15, 0.2) is 18.3 Å². The van der Waals surface area contributed by atoms with E-state index in [2.05, 4.69) is 4.98 Å². The number of rotatable bonds is 3. The van der Waals surface area contributed by atoms with Gasteiger partial charge < -0.3 is 14.9 Å². The number of carbonyl (C=O) groups excluding carboxylic acids is 1. The Morgan fingerprint density at radius 1 is 1.09 bits per heavy atom. The number of hydrogen-bond acceptors (Lipinski definition) is 3. The van der Waals surface area contributed by atoms with E-state index in [4.69, 9.17) is 0 Å². The second kappa shape index (κ2) is 8.01. The third kappa shape index (κ3) is 4.08. The molecule has 3 aliphatic rings. The van der Waals surface area contributed by atoms with Crippen LogP contribution in [-0.4, -0.2) is 69.4 Å². The first kappa shape index (κ1) is 24.6. The fraction of sp³-hybridized carbons (Fsp3) is 0.682. The van der Waals surface area contributed by atoms with Crippen molar-refractivity contribution in [2.24, 2.45) is 11.8 Å². The van der Waals surface area contributed by atoms with E-state index in [1.807, 2.05) is 0 Å². The van der Waals surface area contributed by atoms with Crippen LogP contribution < -0.4 is 0 Å². The van der Waals surface area contributed by atoms with Gasteiger partial charge in [-0.15, -0.1) is 0 Å². The highest BCUT2D eigenvalue weighted by atomic mass is 19.4. The number of carbonyl (C=O) groups is 2. The van der Waals surface area contributed by atoms with Crippen LogP contribution in [0.25, 0.3) is 0 Å². The Balaban J connectivity index is 1.71. The van der Waals surface area contributed by atoms with E-state index < -0.39 is 60.1 Å². The summed E-state index contributed by atoms with van der Waals surface area (Å²) in [5.41, 5.74) is -1.11. The molecule has 0 radical (unpaired) electrons. The Morgan fingerprint density at radius 2 is 1.68 bits per heavy atom. The highest BCUT2D eigenvalue weighted by Crippen LogP contribution is 2.56. The van der Waals surface area contributed by atoms with Gasteiger partial charge in [0.2, 0.25) is 5.91 Å². The molecule has 1 saturated carbocycles. The van der Waals surface area contributed by atoms with Crippen molar-refractivity contribution >= 4 is 12.0 Å². The van der Waals surface area contributed by atoms with Gasteiger partial charge in [-0.05, 0) is 56.6 Å². The first-order chi connectivity index (χ1) is 15.7. The predicted octanol–water partition coefficient (Wildman–Crippen LogP) is 4.52.